The minimum absolute atomic E-state index is 0.724. The standard InChI is InChI=1S/C16H33N2/c1-2-3-4-8-13-17-14-9-6-5-7-11-16-12-10-15-18-16/h16-17H,2-15H2,1H3. The van der Waals surface area contributed by atoms with Crippen molar-refractivity contribution in [2.24, 2.45) is 0 Å². The van der Waals surface area contributed by atoms with E-state index < -0.39 is 0 Å². The number of unbranched alkanes of at least 4 members (excludes halogenated alkanes) is 6. The van der Waals surface area contributed by atoms with Crippen LogP contribution in [-0.2, 0) is 0 Å². The van der Waals surface area contributed by atoms with Crippen LogP contribution in [0, 0.1) is 0 Å². The summed E-state index contributed by atoms with van der Waals surface area (Å²) in [5.41, 5.74) is 0. The molecule has 0 spiro atoms. The fraction of sp³-hybridized carbons (Fsp3) is 1.00. The van der Waals surface area contributed by atoms with E-state index in [0.717, 1.165) is 12.6 Å². The molecule has 1 aliphatic heterocycles. The molecule has 1 N–H and O–H groups in total. The SMILES string of the molecule is CCCCCCNCCCCCCC1CCC[N]1. The molecule has 2 heteroatoms. The highest BCUT2D eigenvalue weighted by Crippen LogP contribution is 2.14. The molecule has 0 aromatic heterocycles. The lowest BCUT2D eigenvalue weighted by Crippen LogP contribution is -2.16. The van der Waals surface area contributed by atoms with Crippen LogP contribution < -0.4 is 10.6 Å². The fourth-order valence-corrected chi connectivity index (χ4v) is 2.71. The summed E-state index contributed by atoms with van der Waals surface area (Å²) in [5, 5.41) is 8.16. The third-order valence-electron chi connectivity index (χ3n) is 3.93. The minimum Gasteiger partial charge on any atom is -0.317 e. The molecule has 1 radical (unpaired) electrons. The van der Waals surface area contributed by atoms with E-state index in [1.165, 1.54) is 83.7 Å². The molecular weight excluding hydrogens is 220 g/mol. The molecule has 2 nitrogen and oxygen atoms in total. The van der Waals surface area contributed by atoms with Crippen LogP contribution in [0.15, 0.2) is 0 Å². The Labute approximate surface area is 114 Å². The van der Waals surface area contributed by atoms with Gasteiger partial charge in [0.15, 0.2) is 0 Å². The summed E-state index contributed by atoms with van der Waals surface area (Å²) in [6, 6.07) is 0.724. The minimum atomic E-state index is 0.724. The van der Waals surface area contributed by atoms with Crippen molar-refractivity contribution in [1.82, 2.24) is 10.6 Å². The van der Waals surface area contributed by atoms with Gasteiger partial charge in [-0.1, -0.05) is 45.4 Å². The first-order valence-corrected chi connectivity index (χ1v) is 8.31. The maximum atomic E-state index is 4.61. The molecule has 1 unspecified atom stereocenters. The number of hydrogen-bond acceptors (Lipinski definition) is 1. The van der Waals surface area contributed by atoms with Crippen molar-refractivity contribution in [2.45, 2.75) is 83.6 Å². The van der Waals surface area contributed by atoms with Crippen molar-refractivity contribution in [3.8, 4) is 0 Å². The van der Waals surface area contributed by atoms with Crippen molar-refractivity contribution in [1.29, 1.82) is 0 Å². The second-order valence-corrected chi connectivity index (χ2v) is 5.72. The van der Waals surface area contributed by atoms with Crippen molar-refractivity contribution < 1.29 is 0 Å². The van der Waals surface area contributed by atoms with Crippen LogP contribution in [0.4, 0.5) is 0 Å². The Balaban J connectivity index is 1.68. The third kappa shape index (κ3) is 8.93. The summed E-state index contributed by atoms with van der Waals surface area (Å²) in [5.74, 6) is 0. The van der Waals surface area contributed by atoms with Gasteiger partial charge in [-0.2, -0.15) is 0 Å². The van der Waals surface area contributed by atoms with Gasteiger partial charge in [-0.05, 0) is 45.2 Å². The molecule has 1 heterocycles. The van der Waals surface area contributed by atoms with E-state index in [2.05, 4.69) is 17.6 Å². The summed E-state index contributed by atoms with van der Waals surface area (Å²) in [6.45, 7) is 5.85. The van der Waals surface area contributed by atoms with E-state index in [0.29, 0.717) is 0 Å². The first-order chi connectivity index (χ1) is 8.93. The second kappa shape index (κ2) is 12.0. The van der Waals surface area contributed by atoms with Crippen LogP contribution in [0.1, 0.15) is 77.6 Å². The first kappa shape index (κ1) is 16.0. The van der Waals surface area contributed by atoms with Gasteiger partial charge in [0.2, 0.25) is 0 Å². The Kier molecular flexibility index (Phi) is 10.6. The predicted molar refractivity (Wildman–Crippen MR) is 80.1 cm³/mol. The average Bonchev–Trinajstić information content (AvgIpc) is 2.89. The molecule has 0 aliphatic carbocycles. The molecule has 1 fully saturated rings. The average molecular weight is 253 g/mol. The summed E-state index contributed by atoms with van der Waals surface area (Å²) in [4.78, 5) is 0. The smallest absolute Gasteiger partial charge is 0.0246 e. The Morgan fingerprint density at radius 1 is 0.944 bits per heavy atom. The van der Waals surface area contributed by atoms with Gasteiger partial charge in [-0.25, -0.2) is 5.32 Å². The Morgan fingerprint density at radius 3 is 2.33 bits per heavy atom. The Morgan fingerprint density at radius 2 is 1.67 bits per heavy atom. The van der Waals surface area contributed by atoms with Crippen molar-refractivity contribution in [3.05, 3.63) is 0 Å². The highest BCUT2D eigenvalue weighted by Gasteiger charge is 2.14. The molecule has 0 aromatic carbocycles. The van der Waals surface area contributed by atoms with E-state index in [4.69, 9.17) is 0 Å². The van der Waals surface area contributed by atoms with Gasteiger partial charge in [0.05, 0.1) is 0 Å². The van der Waals surface area contributed by atoms with Gasteiger partial charge >= 0.3 is 0 Å². The monoisotopic (exact) mass is 253 g/mol. The number of nitrogens with one attached hydrogen (secondary N) is 1. The number of hydrogen-bond donors (Lipinski definition) is 1. The highest BCUT2D eigenvalue weighted by atomic mass is 14.9. The normalized spacial score (nSPS) is 19.5. The van der Waals surface area contributed by atoms with Gasteiger partial charge < -0.3 is 5.32 Å². The molecule has 0 amide bonds. The maximum absolute atomic E-state index is 4.61. The van der Waals surface area contributed by atoms with Crippen LogP contribution >= 0.6 is 0 Å². The van der Waals surface area contributed by atoms with E-state index in [9.17, 15) is 0 Å². The molecule has 107 valence electrons. The number of rotatable bonds is 12. The quantitative estimate of drug-likeness (QED) is 0.525. The van der Waals surface area contributed by atoms with Gasteiger partial charge in [-0.15, -0.1) is 0 Å². The molecule has 1 atom stereocenters. The zero-order valence-electron chi connectivity index (χ0n) is 12.4. The van der Waals surface area contributed by atoms with Gasteiger partial charge in [-0.3, -0.25) is 0 Å². The topological polar surface area (TPSA) is 26.1 Å². The Hall–Kier alpha value is -0.0800. The van der Waals surface area contributed by atoms with Crippen LogP contribution in [0.3, 0.4) is 0 Å². The molecule has 1 saturated heterocycles. The molecule has 1 rings (SSSR count). The molecule has 1 aliphatic rings. The van der Waals surface area contributed by atoms with Crippen LogP contribution in [0.25, 0.3) is 0 Å². The Bertz CT molecular complexity index is 164. The lowest BCUT2D eigenvalue weighted by Gasteiger charge is -2.08. The molecule has 18 heavy (non-hydrogen) atoms. The highest BCUT2D eigenvalue weighted by molar-refractivity contribution is 4.73. The van der Waals surface area contributed by atoms with Crippen LogP contribution in [0.5, 0.6) is 0 Å². The molecule has 0 saturated carbocycles. The van der Waals surface area contributed by atoms with E-state index in [1.54, 1.807) is 0 Å². The lowest BCUT2D eigenvalue weighted by molar-refractivity contribution is 0.496. The number of nitrogens with zero attached hydrogens (tertiary/aromatic N) is 1. The second-order valence-electron chi connectivity index (χ2n) is 5.72. The zero-order chi connectivity index (χ0) is 12.9. The molecule has 0 aromatic rings. The van der Waals surface area contributed by atoms with Crippen LogP contribution in [0.2, 0.25) is 0 Å². The zero-order valence-corrected chi connectivity index (χ0v) is 12.4. The lowest BCUT2D eigenvalue weighted by atomic mass is 10.1. The first-order valence-electron chi connectivity index (χ1n) is 8.31. The van der Waals surface area contributed by atoms with Gasteiger partial charge in [0.1, 0.15) is 0 Å². The van der Waals surface area contributed by atoms with Gasteiger partial charge in [0, 0.05) is 12.6 Å². The largest absolute Gasteiger partial charge is 0.317 e. The van der Waals surface area contributed by atoms with E-state index in [-0.39, 0.29) is 0 Å². The third-order valence-corrected chi connectivity index (χ3v) is 3.93. The fourth-order valence-electron chi connectivity index (χ4n) is 2.71. The summed E-state index contributed by atoms with van der Waals surface area (Å²) in [6.07, 6.45) is 15.1. The van der Waals surface area contributed by atoms with Gasteiger partial charge in [0.25, 0.3) is 0 Å². The van der Waals surface area contributed by atoms with Crippen LogP contribution in [-0.4, -0.2) is 25.7 Å². The summed E-state index contributed by atoms with van der Waals surface area (Å²) in [7, 11) is 0. The van der Waals surface area contributed by atoms with Crippen molar-refractivity contribution in [2.75, 3.05) is 19.6 Å². The summed E-state index contributed by atoms with van der Waals surface area (Å²) >= 11 is 0. The summed E-state index contributed by atoms with van der Waals surface area (Å²) < 4.78 is 0. The van der Waals surface area contributed by atoms with Crippen molar-refractivity contribution in [3.63, 3.8) is 0 Å². The van der Waals surface area contributed by atoms with Crippen molar-refractivity contribution >= 4 is 0 Å². The van der Waals surface area contributed by atoms with E-state index >= 15 is 0 Å². The van der Waals surface area contributed by atoms with E-state index in [1.807, 2.05) is 0 Å². The maximum Gasteiger partial charge on any atom is 0.0246 e. The molecule has 0 bridgehead atoms. The molecular formula is C16H33N2. The predicted octanol–water partition coefficient (Wildman–Crippen LogP) is 3.87.